The Labute approximate surface area is 142 Å². The molecule has 0 spiro atoms. The second kappa shape index (κ2) is 5.52. The lowest BCUT2D eigenvalue weighted by atomic mass is 10.1. The summed E-state index contributed by atoms with van der Waals surface area (Å²) in [7, 11) is 0. The van der Waals surface area contributed by atoms with Gasteiger partial charge in [-0.15, -0.1) is 0 Å². The molecule has 6 heteroatoms. The number of imide groups is 1. The number of amides is 2. The van der Waals surface area contributed by atoms with Crippen LogP contribution in [0.15, 0.2) is 54.7 Å². The number of nitrogens with zero attached hydrogens (tertiary/aromatic N) is 2. The largest absolute Gasteiger partial charge is 0.365 e. The van der Waals surface area contributed by atoms with Crippen molar-refractivity contribution in [1.29, 1.82) is 0 Å². The maximum absolute atomic E-state index is 12.5. The summed E-state index contributed by atoms with van der Waals surface area (Å²) in [6, 6.07) is 13.7. The van der Waals surface area contributed by atoms with Crippen molar-refractivity contribution in [2.24, 2.45) is 0 Å². The standard InChI is InChI=1S/C19H12N2O4/c1-11-12-6-4-5-9-16(12)20-10-15(11)19(24)25-21-17(22)13-7-2-3-8-14(13)18(21)23/h2-10H,1H3. The van der Waals surface area contributed by atoms with Crippen molar-refractivity contribution in [3.8, 4) is 0 Å². The van der Waals surface area contributed by atoms with Crippen LogP contribution in [0.25, 0.3) is 10.9 Å². The van der Waals surface area contributed by atoms with Crippen molar-refractivity contribution in [3.05, 3.63) is 77.0 Å². The first kappa shape index (κ1) is 15.0. The minimum absolute atomic E-state index is 0.204. The Morgan fingerprint density at radius 3 is 2.24 bits per heavy atom. The molecule has 1 aliphatic heterocycles. The van der Waals surface area contributed by atoms with E-state index >= 15 is 0 Å². The maximum Gasteiger partial charge on any atom is 0.365 e. The first-order chi connectivity index (χ1) is 12.1. The van der Waals surface area contributed by atoms with Crippen LogP contribution in [0.2, 0.25) is 0 Å². The first-order valence-corrected chi connectivity index (χ1v) is 7.62. The van der Waals surface area contributed by atoms with Gasteiger partial charge in [0.15, 0.2) is 0 Å². The van der Waals surface area contributed by atoms with Gasteiger partial charge in [-0.1, -0.05) is 35.4 Å². The number of aromatic nitrogens is 1. The highest BCUT2D eigenvalue weighted by Crippen LogP contribution is 2.25. The van der Waals surface area contributed by atoms with Crippen LogP contribution in [-0.4, -0.2) is 27.8 Å². The molecular weight excluding hydrogens is 320 g/mol. The van der Waals surface area contributed by atoms with Gasteiger partial charge in [-0.3, -0.25) is 14.6 Å². The fourth-order valence-corrected chi connectivity index (χ4v) is 2.87. The molecule has 0 fully saturated rings. The zero-order valence-electron chi connectivity index (χ0n) is 13.2. The first-order valence-electron chi connectivity index (χ1n) is 7.62. The summed E-state index contributed by atoms with van der Waals surface area (Å²) >= 11 is 0. The van der Waals surface area contributed by atoms with E-state index in [1.807, 2.05) is 24.3 Å². The van der Waals surface area contributed by atoms with Gasteiger partial charge >= 0.3 is 5.97 Å². The average Bonchev–Trinajstić information content (AvgIpc) is 2.87. The summed E-state index contributed by atoms with van der Waals surface area (Å²) < 4.78 is 0. The van der Waals surface area contributed by atoms with Gasteiger partial charge in [0, 0.05) is 11.6 Å². The van der Waals surface area contributed by atoms with Crippen LogP contribution >= 0.6 is 0 Å². The Hall–Kier alpha value is -3.54. The fraction of sp³-hybridized carbons (Fsp3) is 0.0526. The summed E-state index contributed by atoms with van der Waals surface area (Å²) in [5.41, 5.74) is 2.06. The molecule has 0 unspecified atom stereocenters. The summed E-state index contributed by atoms with van der Waals surface area (Å²) in [6.45, 7) is 1.77. The molecule has 2 amide bonds. The van der Waals surface area contributed by atoms with Crippen molar-refractivity contribution in [1.82, 2.24) is 10.0 Å². The van der Waals surface area contributed by atoms with Crippen molar-refractivity contribution < 1.29 is 19.2 Å². The van der Waals surface area contributed by atoms with Crippen molar-refractivity contribution in [3.63, 3.8) is 0 Å². The highest BCUT2D eigenvalue weighted by atomic mass is 16.7. The van der Waals surface area contributed by atoms with E-state index in [0.29, 0.717) is 10.6 Å². The van der Waals surface area contributed by atoms with Crippen LogP contribution in [0, 0.1) is 6.92 Å². The van der Waals surface area contributed by atoms with E-state index in [9.17, 15) is 14.4 Å². The number of hydroxylamine groups is 2. The van der Waals surface area contributed by atoms with Gasteiger partial charge in [0.2, 0.25) is 0 Å². The minimum Gasteiger partial charge on any atom is -0.324 e. The third-order valence-corrected chi connectivity index (χ3v) is 4.20. The molecule has 0 saturated heterocycles. The molecule has 0 saturated carbocycles. The molecule has 0 atom stereocenters. The van der Waals surface area contributed by atoms with E-state index in [-0.39, 0.29) is 16.7 Å². The average molecular weight is 332 g/mol. The van der Waals surface area contributed by atoms with Gasteiger partial charge in [0.1, 0.15) is 0 Å². The number of hydrogen-bond donors (Lipinski definition) is 0. The predicted octanol–water partition coefficient (Wildman–Crippen LogP) is 2.91. The van der Waals surface area contributed by atoms with Crippen LogP contribution in [-0.2, 0) is 4.84 Å². The number of fused-ring (bicyclic) bond motifs is 2. The Bertz CT molecular complexity index is 1020. The van der Waals surface area contributed by atoms with Gasteiger partial charge in [0.25, 0.3) is 11.8 Å². The summed E-state index contributed by atoms with van der Waals surface area (Å²) in [6.07, 6.45) is 1.39. The third-order valence-electron chi connectivity index (χ3n) is 4.20. The minimum atomic E-state index is -0.801. The zero-order chi connectivity index (χ0) is 17.6. The topological polar surface area (TPSA) is 76.6 Å². The third kappa shape index (κ3) is 2.27. The molecule has 1 aliphatic rings. The Balaban J connectivity index is 1.67. The molecule has 4 rings (SSSR count). The predicted molar refractivity (Wildman–Crippen MR) is 88.8 cm³/mol. The van der Waals surface area contributed by atoms with E-state index < -0.39 is 17.8 Å². The molecule has 0 radical (unpaired) electrons. The van der Waals surface area contributed by atoms with E-state index in [1.165, 1.54) is 18.3 Å². The Kier molecular flexibility index (Phi) is 3.32. The second-order valence-corrected chi connectivity index (χ2v) is 5.64. The zero-order valence-corrected chi connectivity index (χ0v) is 13.2. The van der Waals surface area contributed by atoms with Gasteiger partial charge < -0.3 is 4.84 Å². The molecule has 0 N–H and O–H groups in total. The molecule has 1 aromatic heterocycles. The number of hydrogen-bond acceptors (Lipinski definition) is 5. The quantitative estimate of drug-likeness (QED) is 0.674. The molecule has 25 heavy (non-hydrogen) atoms. The molecule has 3 aromatic rings. The lowest BCUT2D eigenvalue weighted by Gasteiger charge is -2.14. The monoisotopic (exact) mass is 332 g/mol. The second-order valence-electron chi connectivity index (χ2n) is 5.64. The van der Waals surface area contributed by atoms with Gasteiger partial charge in [-0.05, 0) is 30.7 Å². The Morgan fingerprint density at radius 2 is 1.56 bits per heavy atom. The summed E-state index contributed by atoms with van der Waals surface area (Å²) in [4.78, 5) is 46.4. The van der Waals surface area contributed by atoms with Gasteiger partial charge in [0.05, 0.1) is 22.2 Å². The van der Waals surface area contributed by atoms with Crippen molar-refractivity contribution in [2.45, 2.75) is 6.92 Å². The lowest BCUT2D eigenvalue weighted by molar-refractivity contribution is -0.0585. The summed E-state index contributed by atoms with van der Waals surface area (Å²) in [5, 5.41) is 1.31. The SMILES string of the molecule is Cc1c(C(=O)ON2C(=O)c3ccccc3C2=O)cnc2ccccc12. The van der Waals surface area contributed by atoms with Crippen LogP contribution in [0.5, 0.6) is 0 Å². The molecule has 6 nitrogen and oxygen atoms in total. The number of aryl methyl sites for hydroxylation is 1. The number of carbonyl (C=O) groups excluding carboxylic acids is 3. The van der Waals surface area contributed by atoms with Crippen LogP contribution in [0.4, 0.5) is 0 Å². The van der Waals surface area contributed by atoms with E-state index in [1.54, 1.807) is 19.1 Å². The van der Waals surface area contributed by atoms with Gasteiger partial charge in [-0.2, -0.15) is 0 Å². The molecule has 2 aromatic carbocycles. The highest BCUT2D eigenvalue weighted by molar-refractivity contribution is 6.21. The highest BCUT2D eigenvalue weighted by Gasteiger charge is 2.39. The molecule has 0 aliphatic carbocycles. The molecule has 0 bridgehead atoms. The van der Waals surface area contributed by atoms with Crippen molar-refractivity contribution >= 4 is 28.7 Å². The van der Waals surface area contributed by atoms with Crippen LogP contribution in [0.3, 0.4) is 0 Å². The number of carbonyl (C=O) groups is 3. The number of para-hydroxylation sites is 1. The fourth-order valence-electron chi connectivity index (χ4n) is 2.87. The van der Waals surface area contributed by atoms with Crippen LogP contribution < -0.4 is 0 Å². The maximum atomic E-state index is 12.5. The number of rotatable bonds is 2. The summed E-state index contributed by atoms with van der Waals surface area (Å²) in [5.74, 6) is -2.11. The van der Waals surface area contributed by atoms with E-state index in [4.69, 9.17) is 4.84 Å². The van der Waals surface area contributed by atoms with Gasteiger partial charge in [-0.25, -0.2) is 4.79 Å². The number of benzene rings is 2. The van der Waals surface area contributed by atoms with Crippen molar-refractivity contribution in [2.75, 3.05) is 0 Å². The van der Waals surface area contributed by atoms with E-state index in [2.05, 4.69) is 4.98 Å². The van der Waals surface area contributed by atoms with E-state index in [0.717, 1.165) is 10.9 Å². The molecule has 2 heterocycles. The smallest absolute Gasteiger partial charge is 0.324 e. The Morgan fingerprint density at radius 1 is 0.960 bits per heavy atom. The lowest BCUT2D eigenvalue weighted by Crippen LogP contribution is -2.33. The normalized spacial score (nSPS) is 13.2. The molecular formula is C19H12N2O4. The van der Waals surface area contributed by atoms with Crippen LogP contribution in [0.1, 0.15) is 36.6 Å². The number of pyridine rings is 1. The molecule has 122 valence electrons.